The van der Waals surface area contributed by atoms with Crippen LogP contribution in [0.4, 0.5) is 10.1 Å². The van der Waals surface area contributed by atoms with Crippen molar-refractivity contribution in [2.24, 2.45) is 0 Å². The number of methoxy groups -OCH3 is 1. The van der Waals surface area contributed by atoms with Gasteiger partial charge in [-0.1, -0.05) is 30.3 Å². The standard InChI is InChI=1S/C20H21FN2O3/c1-12-5-3-7-14-10-17(22-19(12)14)20(25)23-16(11-18(24)26-2)13-6-4-8-15(21)9-13/h3-9,16-17,22H,10-11H2,1-2H3,(H,23,25). The van der Waals surface area contributed by atoms with E-state index in [4.69, 9.17) is 4.74 Å². The molecule has 2 aromatic carbocycles. The summed E-state index contributed by atoms with van der Waals surface area (Å²) in [4.78, 5) is 24.5. The van der Waals surface area contributed by atoms with Crippen molar-refractivity contribution >= 4 is 17.6 Å². The van der Waals surface area contributed by atoms with Crippen LogP contribution in [-0.4, -0.2) is 25.0 Å². The number of halogens is 1. The predicted molar refractivity (Wildman–Crippen MR) is 96.2 cm³/mol. The van der Waals surface area contributed by atoms with E-state index < -0.39 is 23.9 Å². The van der Waals surface area contributed by atoms with E-state index in [9.17, 15) is 14.0 Å². The quantitative estimate of drug-likeness (QED) is 0.809. The number of aryl methyl sites for hydroxylation is 1. The Morgan fingerprint density at radius 3 is 2.77 bits per heavy atom. The van der Waals surface area contributed by atoms with Gasteiger partial charge in [-0.2, -0.15) is 0 Å². The molecule has 0 saturated heterocycles. The molecule has 2 unspecified atom stereocenters. The number of ether oxygens (including phenoxy) is 1. The molecular weight excluding hydrogens is 335 g/mol. The van der Waals surface area contributed by atoms with Gasteiger partial charge in [0.05, 0.1) is 19.6 Å². The van der Waals surface area contributed by atoms with E-state index in [1.807, 2.05) is 25.1 Å². The van der Waals surface area contributed by atoms with Crippen LogP contribution in [0.15, 0.2) is 42.5 Å². The van der Waals surface area contributed by atoms with E-state index in [0.717, 1.165) is 16.8 Å². The summed E-state index contributed by atoms with van der Waals surface area (Å²) in [6.45, 7) is 1.99. The van der Waals surface area contributed by atoms with E-state index in [1.165, 1.54) is 19.2 Å². The predicted octanol–water partition coefficient (Wildman–Crippen LogP) is 2.89. The fraction of sp³-hybridized carbons (Fsp3) is 0.300. The second kappa shape index (κ2) is 7.56. The minimum Gasteiger partial charge on any atom is -0.469 e. The van der Waals surface area contributed by atoms with E-state index in [1.54, 1.807) is 12.1 Å². The molecule has 0 fully saturated rings. The SMILES string of the molecule is COC(=O)CC(NC(=O)C1Cc2cccc(C)c2N1)c1cccc(F)c1. The summed E-state index contributed by atoms with van der Waals surface area (Å²) in [7, 11) is 1.28. The average Bonchev–Trinajstić information content (AvgIpc) is 3.07. The van der Waals surface area contributed by atoms with Gasteiger partial charge in [-0.3, -0.25) is 9.59 Å². The number of hydrogen-bond acceptors (Lipinski definition) is 4. The molecule has 0 aromatic heterocycles. The summed E-state index contributed by atoms with van der Waals surface area (Å²) in [5, 5.41) is 6.09. The molecule has 0 saturated carbocycles. The second-order valence-corrected chi connectivity index (χ2v) is 6.41. The third-order valence-corrected chi connectivity index (χ3v) is 4.58. The van der Waals surface area contributed by atoms with Crippen LogP contribution in [-0.2, 0) is 20.7 Å². The summed E-state index contributed by atoms with van der Waals surface area (Å²) < 4.78 is 18.3. The fourth-order valence-electron chi connectivity index (χ4n) is 3.21. The van der Waals surface area contributed by atoms with Crippen molar-refractivity contribution in [1.29, 1.82) is 0 Å². The van der Waals surface area contributed by atoms with Gasteiger partial charge in [0.15, 0.2) is 0 Å². The number of amides is 1. The number of esters is 1. The van der Waals surface area contributed by atoms with Crippen LogP contribution >= 0.6 is 0 Å². The highest BCUT2D eigenvalue weighted by Gasteiger charge is 2.30. The van der Waals surface area contributed by atoms with Crippen LogP contribution in [0.2, 0.25) is 0 Å². The number of benzene rings is 2. The number of para-hydroxylation sites is 1. The molecule has 1 aliphatic heterocycles. The summed E-state index contributed by atoms with van der Waals surface area (Å²) in [6.07, 6.45) is 0.501. The Labute approximate surface area is 151 Å². The number of nitrogens with one attached hydrogen (secondary N) is 2. The summed E-state index contributed by atoms with van der Waals surface area (Å²) >= 11 is 0. The van der Waals surface area contributed by atoms with Gasteiger partial charge in [-0.25, -0.2) is 4.39 Å². The van der Waals surface area contributed by atoms with Gasteiger partial charge in [0, 0.05) is 12.1 Å². The van der Waals surface area contributed by atoms with E-state index in [0.29, 0.717) is 12.0 Å². The maximum absolute atomic E-state index is 13.6. The molecule has 5 nitrogen and oxygen atoms in total. The van der Waals surface area contributed by atoms with Crippen LogP contribution in [0.3, 0.4) is 0 Å². The molecule has 0 aliphatic carbocycles. The smallest absolute Gasteiger partial charge is 0.307 e. The Bertz CT molecular complexity index is 838. The lowest BCUT2D eigenvalue weighted by Crippen LogP contribution is -2.41. The van der Waals surface area contributed by atoms with Crippen molar-refractivity contribution < 1.29 is 18.7 Å². The zero-order valence-corrected chi connectivity index (χ0v) is 14.7. The minimum atomic E-state index is -0.655. The van der Waals surface area contributed by atoms with E-state index in [2.05, 4.69) is 10.6 Å². The molecule has 2 atom stereocenters. The lowest BCUT2D eigenvalue weighted by atomic mass is 10.0. The van der Waals surface area contributed by atoms with Crippen LogP contribution in [0.1, 0.15) is 29.2 Å². The number of hydrogen-bond donors (Lipinski definition) is 2. The lowest BCUT2D eigenvalue weighted by Gasteiger charge is -2.21. The van der Waals surface area contributed by atoms with Gasteiger partial charge in [0.25, 0.3) is 0 Å². The summed E-state index contributed by atoms with van der Waals surface area (Å²) in [5.41, 5.74) is 3.66. The molecule has 1 aliphatic rings. The number of carbonyl (C=O) groups excluding carboxylic acids is 2. The monoisotopic (exact) mass is 356 g/mol. The molecule has 0 radical (unpaired) electrons. The third-order valence-electron chi connectivity index (χ3n) is 4.58. The number of anilines is 1. The first-order valence-electron chi connectivity index (χ1n) is 8.45. The van der Waals surface area contributed by atoms with Gasteiger partial charge < -0.3 is 15.4 Å². The van der Waals surface area contributed by atoms with Gasteiger partial charge in [0.2, 0.25) is 5.91 Å². The highest BCUT2D eigenvalue weighted by molar-refractivity contribution is 5.88. The maximum Gasteiger partial charge on any atom is 0.307 e. The molecule has 2 N–H and O–H groups in total. The Hall–Kier alpha value is -2.89. The third kappa shape index (κ3) is 3.85. The molecule has 0 spiro atoms. The van der Waals surface area contributed by atoms with E-state index >= 15 is 0 Å². The maximum atomic E-state index is 13.6. The molecule has 1 heterocycles. The van der Waals surface area contributed by atoms with Crippen molar-refractivity contribution in [1.82, 2.24) is 5.32 Å². The molecule has 26 heavy (non-hydrogen) atoms. The molecule has 136 valence electrons. The molecule has 2 aromatic rings. The highest BCUT2D eigenvalue weighted by Crippen LogP contribution is 2.29. The van der Waals surface area contributed by atoms with Crippen LogP contribution in [0.25, 0.3) is 0 Å². The van der Waals surface area contributed by atoms with Crippen LogP contribution in [0, 0.1) is 12.7 Å². The molecule has 3 rings (SSSR count). The van der Waals surface area contributed by atoms with Crippen molar-refractivity contribution in [2.45, 2.75) is 31.8 Å². The van der Waals surface area contributed by atoms with E-state index in [-0.39, 0.29) is 12.3 Å². The van der Waals surface area contributed by atoms with Crippen molar-refractivity contribution in [2.75, 3.05) is 12.4 Å². The topological polar surface area (TPSA) is 67.4 Å². The van der Waals surface area contributed by atoms with Gasteiger partial charge in [-0.15, -0.1) is 0 Å². The Balaban J connectivity index is 1.76. The largest absolute Gasteiger partial charge is 0.469 e. The molecular formula is C20H21FN2O3. The first-order valence-corrected chi connectivity index (χ1v) is 8.45. The van der Waals surface area contributed by atoms with Gasteiger partial charge in [-0.05, 0) is 35.7 Å². The van der Waals surface area contributed by atoms with Crippen LogP contribution in [0.5, 0.6) is 0 Å². The number of rotatable bonds is 5. The molecule has 1 amide bonds. The Morgan fingerprint density at radius 1 is 1.31 bits per heavy atom. The zero-order chi connectivity index (χ0) is 18.7. The molecule has 0 bridgehead atoms. The average molecular weight is 356 g/mol. The van der Waals surface area contributed by atoms with Crippen molar-refractivity contribution in [3.63, 3.8) is 0 Å². The van der Waals surface area contributed by atoms with Crippen molar-refractivity contribution in [3.8, 4) is 0 Å². The fourth-order valence-corrected chi connectivity index (χ4v) is 3.21. The van der Waals surface area contributed by atoms with Crippen LogP contribution < -0.4 is 10.6 Å². The summed E-state index contributed by atoms with van der Waals surface area (Å²) in [6, 6.07) is 10.7. The molecule has 6 heteroatoms. The van der Waals surface area contributed by atoms with Gasteiger partial charge in [0.1, 0.15) is 11.9 Å². The minimum absolute atomic E-state index is 0.0651. The first kappa shape index (κ1) is 17.9. The zero-order valence-electron chi connectivity index (χ0n) is 14.7. The Kier molecular flexibility index (Phi) is 5.21. The van der Waals surface area contributed by atoms with Gasteiger partial charge >= 0.3 is 5.97 Å². The highest BCUT2D eigenvalue weighted by atomic mass is 19.1. The number of carbonyl (C=O) groups is 2. The lowest BCUT2D eigenvalue weighted by molar-refractivity contribution is -0.141. The number of fused-ring (bicyclic) bond motifs is 1. The first-order chi connectivity index (χ1) is 12.5. The summed E-state index contributed by atoms with van der Waals surface area (Å²) in [5.74, 6) is -1.13. The normalized spacial score (nSPS) is 16.3. The van der Waals surface area contributed by atoms with Crippen molar-refractivity contribution in [3.05, 3.63) is 65.0 Å². The second-order valence-electron chi connectivity index (χ2n) is 6.41. The Morgan fingerprint density at radius 2 is 2.08 bits per heavy atom.